The van der Waals surface area contributed by atoms with E-state index in [2.05, 4.69) is 34.2 Å². The summed E-state index contributed by atoms with van der Waals surface area (Å²) < 4.78 is 40.0. The zero-order valence-corrected chi connectivity index (χ0v) is 15.7. The second-order valence-electron chi connectivity index (χ2n) is 4.89. The molecule has 0 aliphatic carbocycles. The van der Waals surface area contributed by atoms with Crippen molar-refractivity contribution in [2.75, 3.05) is 13.6 Å². The number of rotatable bonds is 6. The Balaban J connectivity index is 0.00000484. The zero-order valence-electron chi connectivity index (χ0n) is 13.4. The molecule has 23 heavy (non-hydrogen) atoms. The molecule has 0 aliphatic rings. The summed E-state index contributed by atoms with van der Waals surface area (Å²) in [4.78, 5) is 4.11. The van der Waals surface area contributed by atoms with Crippen LogP contribution in [0.2, 0.25) is 0 Å². The van der Waals surface area contributed by atoms with Crippen LogP contribution in [0.1, 0.15) is 25.8 Å². The zero-order chi connectivity index (χ0) is 16.6. The predicted molar refractivity (Wildman–Crippen MR) is 96.5 cm³/mol. The topological polar surface area (TPSA) is 45.7 Å². The third kappa shape index (κ3) is 9.52. The Morgan fingerprint density at radius 2 is 1.87 bits per heavy atom. The number of nitrogens with one attached hydrogen (secondary N) is 2. The van der Waals surface area contributed by atoms with Crippen molar-refractivity contribution in [2.45, 2.75) is 39.1 Å². The van der Waals surface area contributed by atoms with Crippen molar-refractivity contribution in [2.24, 2.45) is 4.99 Å². The van der Waals surface area contributed by atoms with Crippen molar-refractivity contribution in [3.05, 3.63) is 29.8 Å². The lowest BCUT2D eigenvalue weighted by molar-refractivity contribution is -0.274. The summed E-state index contributed by atoms with van der Waals surface area (Å²) >= 11 is 0. The molecule has 4 nitrogen and oxygen atoms in total. The number of ether oxygens (including phenoxy) is 1. The normalized spacial score (nSPS) is 13.0. The van der Waals surface area contributed by atoms with E-state index in [4.69, 9.17) is 0 Å². The van der Waals surface area contributed by atoms with Gasteiger partial charge in [0.1, 0.15) is 5.75 Å². The maximum Gasteiger partial charge on any atom is 0.573 e. The number of hydrogen-bond acceptors (Lipinski definition) is 2. The molecule has 1 aromatic rings. The standard InChI is InChI=1S/C15H22F3N3O.HI/c1-4-11(2)21-14(19-3)20-10-9-12-5-7-13(8-6-12)22-15(16,17)18;/h5-8,11H,4,9-10H2,1-3H3,(H2,19,20,21);1H. The van der Waals surface area contributed by atoms with Gasteiger partial charge in [0.05, 0.1) is 0 Å². The number of nitrogens with zero attached hydrogens (tertiary/aromatic N) is 1. The van der Waals surface area contributed by atoms with Gasteiger partial charge in [-0.15, -0.1) is 37.1 Å². The first kappa shape index (κ1) is 21.8. The Hall–Kier alpha value is -1.19. The number of hydrogen-bond donors (Lipinski definition) is 2. The highest BCUT2D eigenvalue weighted by atomic mass is 127. The van der Waals surface area contributed by atoms with Crippen molar-refractivity contribution in [3.63, 3.8) is 0 Å². The second kappa shape index (κ2) is 10.6. The average Bonchev–Trinajstić information content (AvgIpc) is 2.46. The molecule has 132 valence electrons. The maximum atomic E-state index is 12.1. The molecule has 1 atom stereocenters. The minimum absolute atomic E-state index is 0. The quantitative estimate of drug-likeness (QED) is 0.399. The van der Waals surface area contributed by atoms with Gasteiger partial charge in [0.15, 0.2) is 5.96 Å². The molecule has 0 fully saturated rings. The summed E-state index contributed by atoms with van der Waals surface area (Å²) in [5, 5.41) is 6.39. The SMILES string of the molecule is CCC(C)NC(=NC)NCCc1ccc(OC(F)(F)F)cc1.I. The lowest BCUT2D eigenvalue weighted by Crippen LogP contribution is -2.42. The molecule has 1 unspecified atom stereocenters. The minimum Gasteiger partial charge on any atom is -0.406 e. The molecule has 0 radical (unpaired) electrons. The molecule has 1 aromatic carbocycles. The van der Waals surface area contributed by atoms with Gasteiger partial charge in [0.2, 0.25) is 0 Å². The highest BCUT2D eigenvalue weighted by molar-refractivity contribution is 14.0. The van der Waals surface area contributed by atoms with Crippen molar-refractivity contribution in [1.82, 2.24) is 10.6 Å². The van der Waals surface area contributed by atoms with Gasteiger partial charge in [-0.3, -0.25) is 4.99 Å². The van der Waals surface area contributed by atoms with E-state index in [0.29, 0.717) is 25.0 Å². The monoisotopic (exact) mass is 445 g/mol. The van der Waals surface area contributed by atoms with Crippen molar-refractivity contribution >= 4 is 29.9 Å². The molecular formula is C15H23F3IN3O. The molecule has 8 heteroatoms. The molecule has 0 saturated heterocycles. The summed E-state index contributed by atoms with van der Waals surface area (Å²) in [6, 6.07) is 6.19. The van der Waals surface area contributed by atoms with Crippen LogP contribution in [-0.2, 0) is 6.42 Å². The lowest BCUT2D eigenvalue weighted by Gasteiger charge is -2.16. The van der Waals surface area contributed by atoms with Gasteiger partial charge in [-0.25, -0.2) is 0 Å². The fraction of sp³-hybridized carbons (Fsp3) is 0.533. The van der Waals surface area contributed by atoms with Crippen LogP contribution >= 0.6 is 24.0 Å². The van der Waals surface area contributed by atoms with Gasteiger partial charge in [0.25, 0.3) is 0 Å². The second-order valence-corrected chi connectivity index (χ2v) is 4.89. The third-order valence-electron chi connectivity index (χ3n) is 3.08. The molecule has 1 rings (SSSR count). The molecule has 0 amide bonds. The van der Waals surface area contributed by atoms with Crippen LogP contribution < -0.4 is 15.4 Å². The number of alkyl halides is 3. The number of aliphatic imine (C=N–C) groups is 1. The van der Waals surface area contributed by atoms with Crippen LogP contribution in [0.5, 0.6) is 5.75 Å². The molecule has 0 aliphatic heterocycles. The smallest absolute Gasteiger partial charge is 0.406 e. The van der Waals surface area contributed by atoms with E-state index >= 15 is 0 Å². The van der Waals surface area contributed by atoms with Crippen LogP contribution in [0.15, 0.2) is 29.3 Å². The molecule has 0 aromatic heterocycles. The number of halogens is 4. The summed E-state index contributed by atoms with van der Waals surface area (Å²) in [6.45, 7) is 4.78. The van der Waals surface area contributed by atoms with Crippen molar-refractivity contribution in [1.29, 1.82) is 0 Å². The van der Waals surface area contributed by atoms with E-state index in [1.807, 2.05) is 0 Å². The van der Waals surface area contributed by atoms with Crippen LogP contribution in [-0.4, -0.2) is 32.0 Å². The highest BCUT2D eigenvalue weighted by Gasteiger charge is 2.30. The lowest BCUT2D eigenvalue weighted by atomic mass is 10.1. The summed E-state index contributed by atoms with van der Waals surface area (Å²) in [7, 11) is 1.70. The van der Waals surface area contributed by atoms with Gasteiger partial charge >= 0.3 is 6.36 Å². The van der Waals surface area contributed by atoms with Gasteiger partial charge in [-0.2, -0.15) is 0 Å². The third-order valence-corrected chi connectivity index (χ3v) is 3.08. The van der Waals surface area contributed by atoms with E-state index in [-0.39, 0.29) is 29.7 Å². The van der Waals surface area contributed by atoms with E-state index in [9.17, 15) is 13.2 Å². The van der Waals surface area contributed by atoms with E-state index < -0.39 is 6.36 Å². The van der Waals surface area contributed by atoms with E-state index in [1.165, 1.54) is 12.1 Å². The van der Waals surface area contributed by atoms with E-state index in [0.717, 1.165) is 12.0 Å². The molecule has 0 spiro atoms. The van der Waals surface area contributed by atoms with Crippen LogP contribution in [0.3, 0.4) is 0 Å². The Bertz CT molecular complexity index is 478. The van der Waals surface area contributed by atoms with Crippen LogP contribution in [0.4, 0.5) is 13.2 Å². The first-order chi connectivity index (χ1) is 10.3. The summed E-state index contributed by atoms with van der Waals surface area (Å²) in [5.41, 5.74) is 0.918. The van der Waals surface area contributed by atoms with Gasteiger partial charge in [0, 0.05) is 19.6 Å². The van der Waals surface area contributed by atoms with E-state index in [1.54, 1.807) is 19.2 Å². The highest BCUT2D eigenvalue weighted by Crippen LogP contribution is 2.22. The van der Waals surface area contributed by atoms with Crippen molar-refractivity contribution in [3.8, 4) is 5.75 Å². The molecular weight excluding hydrogens is 422 g/mol. The predicted octanol–water partition coefficient (Wildman–Crippen LogP) is 3.71. The Kier molecular flexibility index (Phi) is 10.0. The van der Waals surface area contributed by atoms with Crippen LogP contribution in [0.25, 0.3) is 0 Å². The summed E-state index contributed by atoms with van der Waals surface area (Å²) in [6.07, 6.45) is -2.99. The van der Waals surface area contributed by atoms with Gasteiger partial charge < -0.3 is 15.4 Å². The molecule has 2 N–H and O–H groups in total. The average molecular weight is 445 g/mol. The first-order valence-electron chi connectivity index (χ1n) is 7.16. The number of guanidine groups is 1. The fourth-order valence-corrected chi connectivity index (χ4v) is 1.71. The summed E-state index contributed by atoms with van der Waals surface area (Å²) in [5.74, 6) is 0.504. The molecule has 0 saturated carbocycles. The number of benzene rings is 1. The minimum atomic E-state index is -4.66. The Morgan fingerprint density at radius 3 is 2.35 bits per heavy atom. The Labute approximate surface area is 151 Å². The Morgan fingerprint density at radius 1 is 1.26 bits per heavy atom. The van der Waals surface area contributed by atoms with Gasteiger partial charge in [-0.1, -0.05) is 19.1 Å². The van der Waals surface area contributed by atoms with Crippen LogP contribution in [0, 0.1) is 0 Å². The maximum absolute atomic E-state index is 12.1. The van der Waals surface area contributed by atoms with Crippen molar-refractivity contribution < 1.29 is 17.9 Å². The first-order valence-corrected chi connectivity index (χ1v) is 7.16. The largest absolute Gasteiger partial charge is 0.573 e. The van der Waals surface area contributed by atoms with Gasteiger partial charge in [-0.05, 0) is 37.5 Å². The molecule has 0 heterocycles. The molecule has 0 bridgehead atoms. The fourth-order valence-electron chi connectivity index (χ4n) is 1.71.